The zero-order valence-corrected chi connectivity index (χ0v) is 11.1. The van der Waals surface area contributed by atoms with Crippen molar-refractivity contribution < 1.29 is 9.47 Å². The van der Waals surface area contributed by atoms with Crippen LogP contribution in [-0.2, 0) is 9.47 Å². The smallest absolute Gasteiger partial charge is 0.0830 e. The van der Waals surface area contributed by atoms with Crippen molar-refractivity contribution in [1.82, 2.24) is 0 Å². The highest BCUT2D eigenvalue weighted by Crippen LogP contribution is 2.14. The van der Waals surface area contributed by atoms with Crippen LogP contribution in [0, 0.1) is 0 Å². The minimum atomic E-state index is 0.205. The molecule has 92 valence electrons. The van der Waals surface area contributed by atoms with Crippen molar-refractivity contribution in [2.75, 3.05) is 7.11 Å². The summed E-state index contributed by atoms with van der Waals surface area (Å²) in [5.74, 6) is 0. The summed E-state index contributed by atoms with van der Waals surface area (Å²) < 4.78 is 11.2. The predicted molar refractivity (Wildman–Crippen MR) is 65.2 cm³/mol. The van der Waals surface area contributed by atoms with E-state index in [1.54, 1.807) is 7.11 Å². The number of methoxy groups -OCH3 is 1. The van der Waals surface area contributed by atoms with Gasteiger partial charge >= 0.3 is 0 Å². The molecule has 0 heterocycles. The van der Waals surface area contributed by atoms with E-state index in [4.69, 9.17) is 9.47 Å². The van der Waals surface area contributed by atoms with Crippen LogP contribution in [0.1, 0.15) is 59.8 Å². The fourth-order valence-electron chi connectivity index (χ4n) is 1.83. The summed E-state index contributed by atoms with van der Waals surface area (Å²) in [5.41, 5.74) is 0. The number of unbranched alkanes of at least 4 members (excludes halogenated alkanes) is 3. The van der Waals surface area contributed by atoms with Crippen LogP contribution in [0.5, 0.6) is 0 Å². The van der Waals surface area contributed by atoms with Gasteiger partial charge in [-0.05, 0) is 27.2 Å². The van der Waals surface area contributed by atoms with E-state index >= 15 is 0 Å². The third kappa shape index (κ3) is 7.80. The molecule has 2 unspecified atom stereocenters. The Morgan fingerprint density at radius 1 is 1.00 bits per heavy atom. The summed E-state index contributed by atoms with van der Waals surface area (Å²) in [6.07, 6.45) is 7.04. The molecular formula is C13H28O2. The molecule has 0 aromatic rings. The van der Waals surface area contributed by atoms with Gasteiger partial charge in [0.2, 0.25) is 0 Å². The van der Waals surface area contributed by atoms with Gasteiger partial charge in [-0.1, -0.05) is 32.6 Å². The fourth-order valence-corrected chi connectivity index (χ4v) is 1.83. The Labute approximate surface area is 95.3 Å². The number of rotatable bonds is 9. The lowest BCUT2D eigenvalue weighted by atomic mass is 10.1. The second-order valence-corrected chi connectivity index (χ2v) is 4.51. The van der Waals surface area contributed by atoms with Gasteiger partial charge < -0.3 is 9.47 Å². The van der Waals surface area contributed by atoms with Crippen LogP contribution in [0.15, 0.2) is 0 Å². The second kappa shape index (κ2) is 9.17. The highest BCUT2D eigenvalue weighted by atomic mass is 16.5. The minimum absolute atomic E-state index is 0.205. The summed E-state index contributed by atoms with van der Waals surface area (Å²) in [5, 5.41) is 0. The van der Waals surface area contributed by atoms with Crippen LogP contribution in [0.25, 0.3) is 0 Å². The highest BCUT2D eigenvalue weighted by Gasteiger charge is 2.17. The van der Waals surface area contributed by atoms with E-state index in [0.717, 1.165) is 6.42 Å². The Hall–Kier alpha value is -0.0800. The van der Waals surface area contributed by atoms with Crippen LogP contribution in [0.4, 0.5) is 0 Å². The normalized spacial score (nSPS) is 15.6. The van der Waals surface area contributed by atoms with Gasteiger partial charge in [0, 0.05) is 7.11 Å². The molecule has 0 rings (SSSR count). The summed E-state index contributed by atoms with van der Waals surface area (Å²) >= 11 is 0. The van der Waals surface area contributed by atoms with Crippen molar-refractivity contribution in [1.29, 1.82) is 0 Å². The molecule has 0 spiro atoms. The maximum atomic E-state index is 5.74. The van der Waals surface area contributed by atoms with Crippen molar-refractivity contribution in [2.45, 2.75) is 78.1 Å². The van der Waals surface area contributed by atoms with Crippen LogP contribution in [-0.4, -0.2) is 25.4 Å². The van der Waals surface area contributed by atoms with Crippen molar-refractivity contribution >= 4 is 0 Å². The zero-order valence-electron chi connectivity index (χ0n) is 11.1. The van der Waals surface area contributed by atoms with Crippen molar-refractivity contribution in [2.24, 2.45) is 0 Å². The first-order valence-electron chi connectivity index (χ1n) is 6.30. The van der Waals surface area contributed by atoms with Crippen molar-refractivity contribution in [3.63, 3.8) is 0 Å². The van der Waals surface area contributed by atoms with E-state index in [1.165, 1.54) is 25.7 Å². The number of hydrogen-bond acceptors (Lipinski definition) is 2. The average molecular weight is 216 g/mol. The Balaban J connectivity index is 3.70. The molecule has 0 aliphatic heterocycles. The molecule has 15 heavy (non-hydrogen) atoms. The largest absolute Gasteiger partial charge is 0.379 e. The first-order chi connectivity index (χ1) is 7.11. The van der Waals surface area contributed by atoms with Gasteiger partial charge in [0.25, 0.3) is 0 Å². The first kappa shape index (κ1) is 14.9. The lowest BCUT2D eigenvalue weighted by Gasteiger charge is -2.24. The minimum Gasteiger partial charge on any atom is -0.379 e. The SMILES string of the molecule is CCCCCCC(OC)C(C)OC(C)C. The fraction of sp³-hybridized carbons (Fsp3) is 1.00. The second-order valence-electron chi connectivity index (χ2n) is 4.51. The maximum absolute atomic E-state index is 5.74. The molecule has 0 aliphatic carbocycles. The van der Waals surface area contributed by atoms with Gasteiger partial charge in [0.15, 0.2) is 0 Å². The van der Waals surface area contributed by atoms with Gasteiger partial charge in [-0.3, -0.25) is 0 Å². The van der Waals surface area contributed by atoms with Crippen LogP contribution in [0.3, 0.4) is 0 Å². The van der Waals surface area contributed by atoms with Crippen molar-refractivity contribution in [3.8, 4) is 0 Å². The third-order valence-corrected chi connectivity index (χ3v) is 2.66. The van der Waals surface area contributed by atoms with E-state index in [1.807, 2.05) is 0 Å². The van der Waals surface area contributed by atoms with Gasteiger partial charge in [-0.25, -0.2) is 0 Å². The molecule has 2 nitrogen and oxygen atoms in total. The molecule has 0 bridgehead atoms. The molecule has 0 aromatic heterocycles. The lowest BCUT2D eigenvalue weighted by molar-refractivity contribution is -0.0736. The summed E-state index contributed by atoms with van der Waals surface area (Å²) in [6, 6.07) is 0. The van der Waals surface area contributed by atoms with E-state index < -0.39 is 0 Å². The lowest BCUT2D eigenvalue weighted by Crippen LogP contribution is -2.30. The standard InChI is InChI=1S/C13H28O2/c1-6-7-8-9-10-13(14-5)12(4)15-11(2)3/h11-13H,6-10H2,1-5H3. The van der Waals surface area contributed by atoms with Gasteiger partial charge in [0.05, 0.1) is 18.3 Å². The van der Waals surface area contributed by atoms with E-state index in [0.29, 0.717) is 0 Å². The number of hydrogen-bond donors (Lipinski definition) is 0. The van der Waals surface area contributed by atoms with Gasteiger partial charge in [0.1, 0.15) is 0 Å². The molecular weight excluding hydrogens is 188 g/mol. The topological polar surface area (TPSA) is 18.5 Å². The monoisotopic (exact) mass is 216 g/mol. The van der Waals surface area contributed by atoms with E-state index in [-0.39, 0.29) is 18.3 Å². The Morgan fingerprint density at radius 3 is 2.13 bits per heavy atom. The van der Waals surface area contributed by atoms with E-state index in [9.17, 15) is 0 Å². The van der Waals surface area contributed by atoms with Crippen molar-refractivity contribution in [3.05, 3.63) is 0 Å². The summed E-state index contributed by atoms with van der Waals surface area (Å²) in [4.78, 5) is 0. The van der Waals surface area contributed by atoms with E-state index in [2.05, 4.69) is 27.7 Å². The Bertz CT molecular complexity index is 134. The van der Waals surface area contributed by atoms with Gasteiger partial charge in [-0.2, -0.15) is 0 Å². The molecule has 0 amide bonds. The van der Waals surface area contributed by atoms with Gasteiger partial charge in [-0.15, -0.1) is 0 Å². The molecule has 2 heteroatoms. The molecule has 2 atom stereocenters. The first-order valence-corrected chi connectivity index (χ1v) is 6.30. The molecule has 0 saturated carbocycles. The summed E-state index contributed by atoms with van der Waals surface area (Å²) in [6.45, 7) is 8.48. The quantitative estimate of drug-likeness (QED) is 0.546. The molecule has 0 radical (unpaired) electrons. The molecule has 0 fully saturated rings. The van der Waals surface area contributed by atoms with Crippen LogP contribution in [0.2, 0.25) is 0 Å². The molecule has 0 saturated heterocycles. The van der Waals surface area contributed by atoms with Crippen LogP contribution >= 0.6 is 0 Å². The zero-order chi connectivity index (χ0) is 11.7. The average Bonchev–Trinajstić information content (AvgIpc) is 2.16. The summed E-state index contributed by atoms with van der Waals surface area (Å²) in [7, 11) is 1.78. The number of ether oxygens (including phenoxy) is 2. The molecule has 0 aromatic carbocycles. The third-order valence-electron chi connectivity index (χ3n) is 2.66. The predicted octanol–water partition coefficient (Wildman–Crippen LogP) is 3.79. The Kier molecular flexibility index (Phi) is 9.12. The maximum Gasteiger partial charge on any atom is 0.0830 e. The molecule has 0 aliphatic rings. The Morgan fingerprint density at radius 2 is 1.67 bits per heavy atom. The molecule has 0 N–H and O–H groups in total. The van der Waals surface area contributed by atoms with Crippen LogP contribution < -0.4 is 0 Å². The highest BCUT2D eigenvalue weighted by molar-refractivity contribution is 4.67.